The summed E-state index contributed by atoms with van der Waals surface area (Å²) in [4.78, 5) is 22.5. The molecule has 2 aromatic rings. The molecule has 1 heterocycles. The highest BCUT2D eigenvalue weighted by Gasteiger charge is 2.09. The largest absolute Gasteiger partial charge is 0.497 e. The second-order valence-electron chi connectivity index (χ2n) is 3.16. The highest BCUT2D eigenvalue weighted by atomic mass is 32.1. The van der Waals surface area contributed by atoms with Gasteiger partial charge in [0.2, 0.25) is 4.74 Å². The highest BCUT2D eigenvalue weighted by Crippen LogP contribution is 2.20. The van der Waals surface area contributed by atoms with Gasteiger partial charge in [0.05, 0.1) is 7.11 Å². The Morgan fingerprint density at radius 3 is 2.75 bits per heavy atom. The standard InChI is InChI=1S/C11H8O4S/c1-15-7-3-2-6-4-9(10(12)13)16-11(14)8(6)5-7/h2-5H,1H3,(H,12,13). The van der Waals surface area contributed by atoms with Gasteiger partial charge in [0.15, 0.2) is 0 Å². The molecule has 2 rings (SSSR count). The van der Waals surface area contributed by atoms with Crippen molar-refractivity contribution in [3.8, 4) is 5.75 Å². The maximum Gasteiger partial charge on any atom is 0.346 e. The van der Waals surface area contributed by atoms with Crippen molar-refractivity contribution in [3.63, 3.8) is 0 Å². The molecule has 0 fully saturated rings. The van der Waals surface area contributed by atoms with Crippen molar-refractivity contribution in [2.75, 3.05) is 7.11 Å². The van der Waals surface area contributed by atoms with E-state index in [0.29, 0.717) is 16.5 Å². The first-order valence-electron chi connectivity index (χ1n) is 4.47. The van der Waals surface area contributed by atoms with Crippen LogP contribution < -0.4 is 9.48 Å². The first kappa shape index (κ1) is 10.6. The van der Waals surface area contributed by atoms with Crippen LogP contribution in [0.5, 0.6) is 5.75 Å². The van der Waals surface area contributed by atoms with Crippen LogP contribution in [0.2, 0.25) is 0 Å². The summed E-state index contributed by atoms with van der Waals surface area (Å²) in [7, 11) is 1.51. The third kappa shape index (κ3) is 1.77. The SMILES string of the molecule is COc1ccc2cc(C(=O)O)sc(=O)c2c1. The molecule has 1 N–H and O–H groups in total. The number of benzene rings is 1. The van der Waals surface area contributed by atoms with E-state index < -0.39 is 5.97 Å². The minimum absolute atomic E-state index is 0.0441. The monoisotopic (exact) mass is 236 g/mol. The van der Waals surface area contributed by atoms with E-state index in [-0.39, 0.29) is 9.62 Å². The Hall–Kier alpha value is -1.88. The average molecular weight is 236 g/mol. The summed E-state index contributed by atoms with van der Waals surface area (Å²) in [6, 6.07) is 6.47. The lowest BCUT2D eigenvalue weighted by molar-refractivity contribution is 0.0702. The van der Waals surface area contributed by atoms with Crippen LogP contribution in [-0.4, -0.2) is 18.2 Å². The predicted molar refractivity (Wildman–Crippen MR) is 61.6 cm³/mol. The summed E-state index contributed by atoms with van der Waals surface area (Å²) in [5, 5.41) is 9.91. The van der Waals surface area contributed by atoms with Crippen molar-refractivity contribution < 1.29 is 14.6 Å². The normalized spacial score (nSPS) is 10.3. The van der Waals surface area contributed by atoms with E-state index >= 15 is 0 Å². The lowest BCUT2D eigenvalue weighted by Gasteiger charge is -2.02. The van der Waals surface area contributed by atoms with Crippen LogP contribution in [0.4, 0.5) is 0 Å². The second-order valence-corrected chi connectivity index (χ2v) is 4.17. The Morgan fingerprint density at radius 1 is 1.38 bits per heavy atom. The van der Waals surface area contributed by atoms with Crippen LogP contribution in [0.25, 0.3) is 10.8 Å². The third-order valence-electron chi connectivity index (χ3n) is 2.18. The van der Waals surface area contributed by atoms with Crippen LogP contribution in [-0.2, 0) is 0 Å². The molecule has 0 aliphatic rings. The fourth-order valence-corrected chi connectivity index (χ4v) is 2.16. The van der Waals surface area contributed by atoms with Gasteiger partial charge in [-0.15, -0.1) is 0 Å². The Kier molecular flexibility index (Phi) is 2.62. The van der Waals surface area contributed by atoms with Crippen molar-refractivity contribution in [2.24, 2.45) is 0 Å². The molecule has 16 heavy (non-hydrogen) atoms. The zero-order chi connectivity index (χ0) is 11.7. The maximum absolute atomic E-state index is 11.7. The van der Waals surface area contributed by atoms with E-state index in [2.05, 4.69) is 0 Å². The van der Waals surface area contributed by atoms with Crippen molar-refractivity contribution >= 4 is 28.1 Å². The van der Waals surface area contributed by atoms with Gasteiger partial charge in [0.1, 0.15) is 10.6 Å². The van der Waals surface area contributed by atoms with Crippen LogP contribution in [0.1, 0.15) is 9.67 Å². The van der Waals surface area contributed by atoms with Crippen LogP contribution in [0.3, 0.4) is 0 Å². The molecule has 0 spiro atoms. The fraction of sp³-hybridized carbons (Fsp3) is 0.0909. The van der Waals surface area contributed by atoms with Crippen molar-refractivity contribution in [2.45, 2.75) is 0 Å². The molecule has 0 amide bonds. The number of hydrogen-bond acceptors (Lipinski definition) is 4. The maximum atomic E-state index is 11.7. The molecule has 0 aliphatic heterocycles. The molecular weight excluding hydrogens is 228 g/mol. The van der Waals surface area contributed by atoms with Crippen molar-refractivity contribution in [1.29, 1.82) is 0 Å². The zero-order valence-corrected chi connectivity index (χ0v) is 9.21. The van der Waals surface area contributed by atoms with Crippen LogP contribution >= 0.6 is 11.3 Å². The number of aromatic carboxylic acids is 1. The van der Waals surface area contributed by atoms with Crippen LogP contribution in [0.15, 0.2) is 29.1 Å². The number of rotatable bonds is 2. The molecule has 0 radical (unpaired) electrons. The van der Waals surface area contributed by atoms with E-state index in [1.807, 2.05) is 0 Å². The summed E-state index contributed by atoms with van der Waals surface area (Å²) < 4.78 is 4.73. The molecule has 0 atom stereocenters. The van der Waals surface area contributed by atoms with Crippen LogP contribution in [0, 0.1) is 0 Å². The van der Waals surface area contributed by atoms with Gasteiger partial charge in [0, 0.05) is 5.39 Å². The number of methoxy groups -OCH3 is 1. The van der Waals surface area contributed by atoms with Gasteiger partial charge in [-0.3, -0.25) is 4.79 Å². The first-order chi connectivity index (χ1) is 7.61. The summed E-state index contributed by atoms with van der Waals surface area (Å²) in [5.74, 6) is -0.500. The summed E-state index contributed by atoms with van der Waals surface area (Å²) in [6.45, 7) is 0. The summed E-state index contributed by atoms with van der Waals surface area (Å²) in [5.41, 5.74) is 0. The fourth-order valence-electron chi connectivity index (χ4n) is 1.40. The smallest absolute Gasteiger partial charge is 0.346 e. The van der Waals surface area contributed by atoms with Gasteiger partial charge in [-0.05, 0) is 23.6 Å². The van der Waals surface area contributed by atoms with E-state index in [1.54, 1.807) is 18.2 Å². The molecule has 0 unspecified atom stereocenters. The molecule has 0 aliphatic carbocycles. The second kappa shape index (κ2) is 3.94. The van der Waals surface area contributed by atoms with Gasteiger partial charge in [-0.25, -0.2) is 4.79 Å². The zero-order valence-electron chi connectivity index (χ0n) is 8.39. The Morgan fingerprint density at radius 2 is 2.12 bits per heavy atom. The molecule has 0 bridgehead atoms. The molecule has 4 nitrogen and oxygen atoms in total. The van der Waals surface area contributed by atoms with Gasteiger partial charge < -0.3 is 9.84 Å². The molecular formula is C11H8O4S. The minimum Gasteiger partial charge on any atom is -0.497 e. The molecule has 5 heteroatoms. The number of carbonyl (C=O) groups is 1. The summed E-state index contributed by atoms with van der Waals surface area (Å²) >= 11 is 0.723. The van der Waals surface area contributed by atoms with E-state index in [4.69, 9.17) is 9.84 Å². The topological polar surface area (TPSA) is 63.6 Å². The Balaban J connectivity index is 2.76. The van der Waals surface area contributed by atoms with Gasteiger partial charge in [0.25, 0.3) is 0 Å². The third-order valence-corrected chi connectivity index (χ3v) is 3.10. The molecule has 82 valence electrons. The number of carboxylic acids is 1. The first-order valence-corrected chi connectivity index (χ1v) is 5.28. The lowest BCUT2D eigenvalue weighted by Crippen LogP contribution is -2.02. The lowest BCUT2D eigenvalue weighted by atomic mass is 10.2. The van der Waals surface area contributed by atoms with Gasteiger partial charge in [-0.1, -0.05) is 17.4 Å². The van der Waals surface area contributed by atoms with Gasteiger partial charge >= 0.3 is 5.97 Å². The van der Waals surface area contributed by atoms with E-state index in [1.165, 1.54) is 13.2 Å². The van der Waals surface area contributed by atoms with E-state index in [0.717, 1.165) is 11.3 Å². The Labute approximate surface area is 94.7 Å². The number of carboxylic acid groups (broad SMARTS) is 1. The summed E-state index contributed by atoms with van der Waals surface area (Å²) in [6.07, 6.45) is 0. The van der Waals surface area contributed by atoms with Gasteiger partial charge in [-0.2, -0.15) is 0 Å². The predicted octanol–water partition coefficient (Wildman–Crippen LogP) is 1.97. The number of hydrogen-bond donors (Lipinski definition) is 1. The Bertz CT molecular complexity index is 615. The molecule has 1 aromatic heterocycles. The quantitative estimate of drug-likeness (QED) is 0.865. The minimum atomic E-state index is -1.08. The number of fused-ring (bicyclic) bond motifs is 1. The number of ether oxygens (including phenoxy) is 1. The average Bonchev–Trinajstić information content (AvgIpc) is 2.28. The van der Waals surface area contributed by atoms with E-state index in [9.17, 15) is 9.59 Å². The molecule has 0 saturated heterocycles. The van der Waals surface area contributed by atoms with Crippen molar-refractivity contribution in [3.05, 3.63) is 38.7 Å². The van der Waals surface area contributed by atoms with Crippen molar-refractivity contribution in [1.82, 2.24) is 0 Å². The highest BCUT2D eigenvalue weighted by molar-refractivity contribution is 7.11. The molecule has 1 aromatic carbocycles. The molecule has 0 saturated carbocycles.